The first-order chi connectivity index (χ1) is 16.1. The number of H-pyrrole nitrogens is 1. The molecule has 3 heterocycles. The number of aromatic amines is 1. The molecule has 8 heteroatoms. The quantitative estimate of drug-likeness (QED) is 0.496. The van der Waals surface area contributed by atoms with Crippen molar-refractivity contribution < 1.29 is 18.3 Å². The summed E-state index contributed by atoms with van der Waals surface area (Å²) in [7, 11) is -3.74. The van der Waals surface area contributed by atoms with Crippen molar-refractivity contribution in [3.8, 4) is 16.9 Å². The summed E-state index contributed by atoms with van der Waals surface area (Å²) in [4.78, 5) is 6.02. The van der Waals surface area contributed by atoms with E-state index in [4.69, 9.17) is 4.74 Å². The molecule has 2 aromatic carbocycles. The highest BCUT2D eigenvalue weighted by molar-refractivity contribution is 7.89. The molecule has 1 atom stereocenters. The Bertz CT molecular complexity index is 1320. The lowest BCUT2D eigenvalue weighted by molar-refractivity contribution is 0.152. The summed E-state index contributed by atoms with van der Waals surface area (Å²) < 4.78 is 34.9. The van der Waals surface area contributed by atoms with E-state index in [1.807, 2.05) is 39.0 Å². The topological polar surface area (TPSA) is 94.7 Å². The second kappa shape index (κ2) is 8.68. The third-order valence-electron chi connectivity index (χ3n) is 6.57. The van der Waals surface area contributed by atoms with Gasteiger partial charge in [-0.1, -0.05) is 6.07 Å². The fraction of sp³-hybridized carbons (Fsp3) is 0.462. The number of nitrogens with one attached hydrogen (secondary N) is 2. The van der Waals surface area contributed by atoms with E-state index in [2.05, 4.69) is 26.7 Å². The Morgan fingerprint density at radius 1 is 1.18 bits per heavy atom. The summed E-state index contributed by atoms with van der Waals surface area (Å²) >= 11 is 0. The lowest BCUT2D eigenvalue weighted by Crippen LogP contribution is -2.40. The maximum atomic E-state index is 13.2. The Balaban J connectivity index is 1.50. The first kappa shape index (κ1) is 23.4. The van der Waals surface area contributed by atoms with Gasteiger partial charge in [0.1, 0.15) is 10.6 Å². The van der Waals surface area contributed by atoms with Crippen LogP contribution < -0.4 is 9.46 Å². The van der Waals surface area contributed by atoms with E-state index in [1.165, 1.54) is 0 Å². The van der Waals surface area contributed by atoms with Crippen molar-refractivity contribution in [1.29, 1.82) is 0 Å². The average molecular weight is 484 g/mol. The Kier molecular flexibility index (Phi) is 5.96. The van der Waals surface area contributed by atoms with E-state index >= 15 is 0 Å². The Hall–Kier alpha value is -2.39. The Morgan fingerprint density at radius 3 is 2.76 bits per heavy atom. The normalized spacial score (nSPS) is 19.0. The highest BCUT2D eigenvalue weighted by Crippen LogP contribution is 2.38. The number of hydrogen-bond donors (Lipinski definition) is 3. The number of sulfonamides is 1. The molecule has 34 heavy (non-hydrogen) atoms. The fourth-order valence-electron chi connectivity index (χ4n) is 5.08. The molecule has 0 radical (unpaired) electrons. The number of benzene rings is 2. The van der Waals surface area contributed by atoms with Gasteiger partial charge in [0.15, 0.2) is 0 Å². The summed E-state index contributed by atoms with van der Waals surface area (Å²) in [6.07, 6.45) is 2.85. The van der Waals surface area contributed by atoms with E-state index in [1.54, 1.807) is 6.07 Å². The van der Waals surface area contributed by atoms with Gasteiger partial charge in [-0.2, -0.15) is 0 Å². The van der Waals surface area contributed by atoms with Gasteiger partial charge in [0.2, 0.25) is 10.0 Å². The number of aliphatic hydroxyl groups excluding tert-OH is 1. The number of hydrogen-bond acceptors (Lipinski definition) is 5. The van der Waals surface area contributed by atoms with Crippen LogP contribution in [0.5, 0.6) is 5.75 Å². The number of rotatable bonds is 6. The monoisotopic (exact) mass is 483 g/mol. The predicted molar refractivity (Wildman–Crippen MR) is 134 cm³/mol. The fourth-order valence-corrected chi connectivity index (χ4v) is 6.72. The summed E-state index contributed by atoms with van der Waals surface area (Å²) in [6.45, 7) is 7.96. The third-order valence-corrected chi connectivity index (χ3v) is 8.34. The number of fused-ring (bicyclic) bond motifs is 2. The zero-order valence-corrected chi connectivity index (χ0v) is 20.8. The van der Waals surface area contributed by atoms with Gasteiger partial charge < -0.3 is 14.8 Å². The van der Waals surface area contributed by atoms with Crippen LogP contribution in [0.3, 0.4) is 0 Å². The summed E-state index contributed by atoms with van der Waals surface area (Å²) in [5, 5.41) is 10.7. The highest BCUT2D eigenvalue weighted by Gasteiger charge is 2.30. The molecule has 3 N–H and O–H groups in total. The molecule has 5 rings (SSSR count). The summed E-state index contributed by atoms with van der Waals surface area (Å²) in [5.41, 5.74) is 4.33. The van der Waals surface area contributed by atoms with Gasteiger partial charge in [-0.15, -0.1) is 0 Å². The van der Waals surface area contributed by atoms with Gasteiger partial charge in [-0.25, -0.2) is 13.1 Å². The van der Waals surface area contributed by atoms with E-state index in [0.29, 0.717) is 18.8 Å². The molecule has 0 saturated carbocycles. The van der Waals surface area contributed by atoms with E-state index in [9.17, 15) is 13.5 Å². The van der Waals surface area contributed by atoms with Gasteiger partial charge in [0, 0.05) is 41.1 Å². The van der Waals surface area contributed by atoms with Gasteiger partial charge in [-0.3, -0.25) is 4.90 Å². The van der Waals surface area contributed by atoms with Crippen molar-refractivity contribution in [2.75, 3.05) is 19.8 Å². The molecule has 0 amide bonds. The molecule has 1 aromatic heterocycles. The maximum absolute atomic E-state index is 13.2. The van der Waals surface area contributed by atoms with Crippen molar-refractivity contribution in [1.82, 2.24) is 14.6 Å². The Morgan fingerprint density at radius 2 is 2.00 bits per heavy atom. The largest absolute Gasteiger partial charge is 0.492 e. The molecular weight excluding hydrogens is 450 g/mol. The zero-order chi connectivity index (χ0) is 24.1. The average Bonchev–Trinajstić information content (AvgIpc) is 3.49. The van der Waals surface area contributed by atoms with Crippen LogP contribution in [0, 0.1) is 0 Å². The van der Waals surface area contributed by atoms with Gasteiger partial charge in [0.05, 0.1) is 13.2 Å². The SMILES string of the molecule is CC(C)(C)NS(=O)(=O)c1cc(-c2ccc3[nH]c(CN4CCC[C@@H]4CO)cc3c2)cc2c1OCC2. The molecular formula is C26H33N3O4S. The number of ether oxygens (including phenoxy) is 1. The van der Waals surface area contributed by atoms with Crippen molar-refractivity contribution in [2.45, 2.75) is 63.1 Å². The van der Waals surface area contributed by atoms with Crippen LogP contribution in [0.2, 0.25) is 0 Å². The van der Waals surface area contributed by atoms with Crippen LogP contribution >= 0.6 is 0 Å². The van der Waals surface area contributed by atoms with Crippen molar-refractivity contribution in [3.63, 3.8) is 0 Å². The number of aliphatic hydroxyl groups is 1. The molecule has 1 fully saturated rings. The molecule has 0 spiro atoms. The molecule has 182 valence electrons. The minimum absolute atomic E-state index is 0.196. The maximum Gasteiger partial charge on any atom is 0.244 e. The number of aromatic nitrogens is 1. The van der Waals surface area contributed by atoms with Crippen molar-refractivity contribution in [3.05, 3.63) is 47.7 Å². The van der Waals surface area contributed by atoms with Gasteiger partial charge >= 0.3 is 0 Å². The van der Waals surface area contributed by atoms with Crippen molar-refractivity contribution in [2.24, 2.45) is 0 Å². The lowest BCUT2D eigenvalue weighted by Gasteiger charge is -2.21. The van der Waals surface area contributed by atoms with E-state index < -0.39 is 15.6 Å². The van der Waals surface area contributed by atoms with Crippen LogP contribution in [0.15, 0.2) is 41.3 Å². The van der Waals surface area contributed by atoms with Gasteiger partial charge in [-0.05, 0) is 87.2 Å². The number of nitrogens with zero attached hydrogens (tertiary/aromatic N) is 1. The van der Waals surface area contributed by atoms with Crippen LogP contribution in [0.1, 0.15) is 44.9 Å². The van der Waals surface area contributed by atoms with Crippen LogP contribution in [-0.4, -0.2) is 54.7 Å². The molecule has 1 saturated heterocycles. The van der Waals surface area contributed by atoms with E-state index in [-0.39, 0.29) is 17.5 Å². The van der Waals surface area contributed by atoms with Gasteiger partial charge in [0.25, 0.3) is 0 Å². The van der Waals surface area contributed by atoms with Crippen LogP contribution in [-0.2, 0) is 23.0 Å². The summed E-state index contributed by atoms with van der Waals surface area (Å²) in [5.74, 6) is 0.467. The molecule has 3 aromatic rings. The van der Waals surface area contributed by atoms with Crippen LogP contribution in [0.4, 0.5) is 0 Å². The third kappa shape index (κ3) is 4.60. The molecule has 0 unspecified atom stereocenters. The molecule has 2 aliphatic heterocycles. The molecule has 0 bridgehead atoms. The smallest absolute Gasteiger partial charge is 0.244 e. The van der Waals surface area contributed by atoms with E-state index in [0.717, 1.165) is 59.2 Å². The van der Waals surface area contributed by atoms with Crippen molar-refractivity contribution >= 4 is 20.9 Å². The lowest BCUT2D eigenvalue weighted by atomic mass is 10.0. The summed E-state index contributed by atoms with van der Waals surface area (Å²) in [6, 6.07) is 12.3. The second-order valence-electron chi connectivity index (χ2n) is 10.5. The zero-order valence-electron chi connectivity index (χ0n) is 20.0. The highest BCUT2D eigenvalue weighted by atomic mass is 32.2. The minimum Gasteiger partial charge on any atom is -0.492 e. The van der Waals surface area contributed by atoms with Crippen LogP contribution in [0.25, 0.3) is 22.0 Å². The second-order valence-corrected chi connectivity index (χ2v) is 12.1. The molecule has 0 aliphatic carbocycles. The molecule has 7 nitrogen and oxygen atoms in total. The minimum atomic E-state index is -3.74. The first-order valence-corrected chi connectivity index (χ1v) is 13.4. The molecule has 2 aliphatic rings. The Labute approximate surface area is 201 Å². The first-order valence-electron chi connectivity index (χ1n) is 11.9. The number of likely N-dealkylation sites (tertiary alicyclic amines) is 1. The standard InChI is InChI=1S/C26H33N3O4S/c1-26(2,3)28-34(31,32)24-14-19(12-18-8-10-33-25(18)24)17-6-7-23-20(11-17)13-21(27-23)15-29-9-4-5-22(29)16-30/h6-7,11-14,22,27-28,30H,4-5,8-10,15-16H2,1-3H3/t22-/m1/s1. The predicted octanol–water partition coefficient (Wildman–Crippen LogP) is 3.80.